The second-order valence-electron chi connectivity index (χ2n) is 2.89. The Hall–Kier alpha value is -1.22. The van der Waals surface area contributed by atoms with Gasteiger partial charge in [0.2, 0.25) is 0 Å². The highest BCUT2D eigenvalue weighted by Gasteiger charge is 1.98. The number of amidine groups is 1. The second kappa shape index (κ2) is 4.72. The first-order valence-electron chi connectivity index (χ1n) is 3.75. The van der Waals surface area contributed by atoms with Crippen molar-refractivity contribution in [3.8, 4) is 0 Å². The van der Waals surface area contributed by atoms with E-state index in [0.717, 1.165) is 16.7 Å². The fourth-order valence-electron chi connectivity index (χ4n) is 1.20. The monoisotopic (exact) mass is 199 g/mol. The Balaban J connectivity index is 0.00000144. The Bertz CT molecular complexity index is 300. The van der Waals surface area contributed by atoms with Crippen molar-refractivity contribution in [2.45, 2.75) is 13.8 Å². The Morgan fingerprint density at radius 1 is 1.15 bits per heavy atom. The van der Waals surface area contributed by atoms with E-state index >= 15 is 0 Å². The zero-order valence-electron chi connectivity index (χ0n) is 7.74. The van der Waals surface area contributed by atoms with E-state index in [1.807, 2.05) is 26.0 Å². The van der Waals surface area contributed by atoms with Crippen molar-refractivity contribution in [1.29, 1.82) is 0 Å². The third kappa shape index (κ3) is 2.95. The molecule has 0 spiro atoms. The molecule has 4 N–H and O–H groups in total. The summed E-state index contributed by atoms with van der Waals surface area (Å²) in [6.45, 7) is 4.03. The smallest absolute Gasteiger partial charge is 0.150 e. The van der Waals surface area contributed by atoms with Gasteiger partial charge in [0, 0.05) is 5.56 Å². The van der Waals surface area contributed by atoms with Gasteiger partial charge in [0.05, 0.1) is 0 Å². The summed E-state index contributed by atoms with van der Waals surface area (Å²) in [6.07, 6.45) is 0. The number of hydrogen-bond acceptors (Lipinski definition) is 2. The summed E-state index contributed by atoms with van der Waals surface area (Å²) in [5.74, 6) is 5.44. The van der Waals surface area contributed by atoms with Gasteiger partial charge in [0.25, 0.3) is 0 Å². The van der Waals surface area contributed by atoms with Crippen LogP contribution < -0.4 is 11.6 Å². The van der Waals surface area contributed by atoms with Crippen LogP contribution in [0.4, 0.5) is 0 Å². The van der Waals surface area contributed by atoms with Crippen molar-refractivity contribution in [3.63, 3.8) is 0 Å². The molecule has 0 aliphatic rings. The average Bonchev–Trinajstić information content (AvgIpc) is 2.01. The van der Waals surface area contributed by atoms with Gasteiger partial charge >= 0.3 is 0 Å². The van der Waals surface area contributed by atoms with Crippen LogP contribution in [-0.2, 0) is 0 Å². The van der Waals surface area contributed by atoms with Crippen LogP contribution in [0, 0.1) is 13.8 Å². The molecule has 0 aliphatic carbocycles. The number of halogens is 1. The molecule has 1 rings (SSSR count). The molecule has 3 nitrogen and oxygen atoms in total. The lowest BCUT2D eigenvalue weighted by Gasteiger charge is -2.02. The van der Waals surface area contributed by atoms with Gasteiger partial charge in [-0.25, -0.2) is 0 Å². The number of nitrogens with two attached hydrogens (primary N) is 2. The van der Waals surface area contributed by atoms with Gasteiger partial charge in [-0.3, -0.25) is 0 Å². The Morgan fingerprint density at radius 3 is 2.00 bits per heavy atom. The fourth-order valence-corrected chi connectivity index (χ4v) is 1.20. The summed E-state index contributed by atoms with van der Waals surface area (Å²) in [5, 5.41) is 3.44. The van der Waals surface area contributed by atoms with E-state index in [-0.39, 0.29) is 12.4 Å². The number of hydrogen-bond donors (Lipinski definition) is 2. The molecule has 0 unspecified atom stereocenters. The van der Waals surface area contributed by atoms with Crippen LogP contribution in [0.15, 0.2) is 23.3 Å². The average molecular weight is 200 g/mol. The minimum Gasteiger partial charge on any atom is -0.382 e. The number of nitrogens with zero attached hydrogens (tertiary/aromatic N) is 1. The maximum absolute atomic E-state index is 5.56. The minimum atomic E-state index is 0. The first-order chi connectivity index (χ1) is 5.63. The van der Waals surface area contributed by atoms with Crippen molar-refractivity contribution in [2.75, 3.05) is 0 Å². The van der Waals surface area contributed by atoms with Gasteiger partial charge < -0.3 is 11.6 Å². The van der Waals surface area contributed by atoms with Gasteiger partial charge in [-0.15, -0.1) is 12.4 Å². The predicted octanol–water partition coefficient (Wildman–Crippen LogP) is 1.30. The SMILES string of the molecule is Cc1cc(C)cc(C(N)=NN)c1.Cl. The van der Waals surface area contributed by atoms with Crippen LogP contribution in [0.3, 0.4) is 0 Å². The molecule has 0 saturated carbocycles. The zero-order valence-corrected chi connectivity index (χ0v) is 8.56. The third-order valence-corrected chi connectivity index (χ3v) is 1.66. The Morgan fingerprint density at radius 2 is 1.62 bits per heavy atom. The molecular formula is C9H14ClN3. The topological polar surface area (TPSA) is 64.4 Å². The van der Waals surface area contributed by atoms with Crippen LogP contribution >= 0.6 is 12.4 Å². The van der Waals surface area contributed by atoms with Gasteiger partial charge in [0.1, 0.15) is 5.84 Å². The molecule has 1 aromatic carbocycles. The summed E-state index contributed by atoms with van der Waals surface area (Å²) in [5.41, 5.74) is 8.77. The summed E-state index contributed by atoms with van der Waals surface area (Å²) < 4.78 is 0. The number of aryl methyl sites for hydroxylation is 2. The molecule has 0 saturated heterocycles. The maximum Gasteiger partial charge on any atom is 0.150 e. The molecule has 4 heteroatoms. The highest BCUT2D eigenvalue weighted by atomic mass is 35.5. The molecule has 0 radical (unpaired) electrons. The number of benzene rings is 1. The van der Waals surface area contributed by atoms with E-state index in [2.05, 4.69) is 11.2 Å². The summed E-state index contributed by atoms with van der Waals surface area (Å²) >= 11 is 0. The minimum absolute atomic E-state index is 0. The first kappa shape index (κ1) is 11.8. The second-order valence-corrected chi connectivity index (χ2v) is 2.89. The first-order valence-corrected chi connectivity index (χ1v) is 3.75. The lowest BCUT2D eigenvalue weighted by Crippen LogP contribution is -2.15. The van der Waals surface area contributed by atoms with E-state index in [1.165, 1.54) is 0 Å². The molecule has 0 heterocycles. The Kier molecular flexibility index (Phi) is 4.28. The van der Waals surface area contributed by atoms with Crippen LogP contribution in [0.1, 0.15) is 16.7 Å². The fraction of sp³-hybridized carbons (Fsp3) is 0.222. The standard InChI is InChI=1S/C9H13N3.ClH/c1-6-3-7(2)5-8(4-6)9(10)12-11;/h3-5H,11H2,1-2H3,(H2,10,12);1H. The lowest BCUT2D eigenvalue weighted by atomic mass is 10.1. The highest BCUT2D eigenvalue weighted by Crippen LogP contribution is 2.07. The Labute approximate surface area is 84.2 Å². The molecule has 0 atom stereocenters. The third-order valence-electron chi connectivity index (χ3n) is 1.66. The lowest BCUT2D eigenvalue weighted by molar-refractivity contribution is 1.22. The zero-order chi connectivity index (χ0) is 9.14. The quantitative estimate of drug-likeness (QED) is 0.310. The van der Waals surface area contributed by atoms with E-state index in [9.17, 15) is 0 Å². The predicted molar refractivity (Wildman–Crippen MR) is 58.1 cm³/mol. The van der Waals surface area contributed by atoms with E-state index in [1.54, 1.807) is 0 Å². The number of rotatable bonds is 1. The molecule has 0 fully saturated rings. The molecule has 0 aromatic heterocycles. The van der Waals surface area contributed by atoms with Crippen molar-refractivity contribution < 1.29 is 0 Å². The van der Waals surface area contributed by atoms with Gasteiger partial charge in [-0.05, 0) is 26.0 Å². The molecule has 0 bridgehead atoms. The van der Waals surface area contributed by atoms with E-state index in [0.29, 0.717) is 5.84 Å². The van der Waals surface area contributed by atoms with E-state index < -0.39 is 0 Å². The van der Waals surface area contributed by atoms with Crippen molar-refractivity contribution in [3.05, 3.63) is 34.9 Å². The van der Waals surface area contributed by atoms with Gasteiger partial charge in [-0.2, -0.15) is 5.10 Å². The number of hydrazone groups is 1. The van der Waals surface area contributed by atoms with Crippen LogP contribution in [0.25, 0.3) is 0 Å². The van der Waals surface area contributed by atoms with Gasteiger partial charge in [0.15, 0.2) is 0 Å². The highest BCUT2D eigenvalue weighted by molar-refractivity contribution is 5.97. The summed E-state index contributed by atoms with van der Waals surface area (Å²) in [6, 6.07) is 5.99. The van der Waals surface area contributed by atoms with Crippen LogP contribution in [0.5, 0.6) is 0 Å². The van der Waals surface area contributed by atoms with Crippen molar-refractivity contribution in [2.24, 2.45) is 16.7 Å². The normalized spacial score (nSPS) is 10.8. The van der Waals surface area contributed by atoms with E-state index in [4.69, 9.17) is 11.6 Å². The molecular weight excluding hydrogens is 186 g/mol. The van der Waals surface area contributed by atoms with Crippen LogP contribution in [0.2, 0.25) is 0 Å². The molecule has 72 valence electrons. The molecule has 13 heavy (non-hydrogen) atoms. The summed E-state index contributed by atoms with van der Waals surface area (Å²) in [4.78, 5) is 0. The largest absolute Gasteiger partial charge is 0.382 e. The van der Waals surface area contributed by atoms with Gasteiger partial charge in [-0.1, -0.05) is 17.2 Å². The van der Waals surface area contributed by atoms with Crippen molar-refractivity contribution in [1.82, 2.24) is 0 Å². The molecule has 0 amide bonds. The molecule has 0 aliphatic heterocycles. The summed E-state index contributed by atoms with van der Waals surface area (Å²) in [7, 11) is 0. The maximum atomic E-state index is 5.56. The van der Waals surface area contributed by atoms with Crippen molar-refractivity contribution >= 4 is 18.2 Å². The van der Waals surface area contributed by atoms with Crippen LogP contribution in [-0.4, -0.2) is 5.84 Å². The molecule has 1 aromatic rings.